The van der Waals surface area contributed by atoms with Gasteiger partial charge >= 0.3 is 5.97 Å². The molecule has 0 aromatic heterocycles. The van der Waals surface area contributed by atoms with Gasteiger partial charge < -0.3 is 28.8 Å². The molecule has 1 fully saturated rings. The van der Waals surface area contributed by atoms with Crippen LogP contribution in [0.1, 0.15) is 34.3 Å². The molecule has 2 aliphatic heterocycles. The van der Waals surface area contributed by atoms with Gasteiger partial charge in [-0.1, -0.05) is 6.07 Å². The van der Waals surface area contributed by atoms with Crippen molar-refractivity contribution < 1.29 is 33.6 Å². The molecule has 0 amide bonds. The smallest absolute Gasteiger partial charge is 0.310 e. The zero-order valence-electron chi connectivity index (χ0n) is 16.4. The first-order valence-electron chi connectivity index (χ1n) is 9.54. The first kappa shape index (κ1) is 18.1. The van der Waals surface area contributed by atoms with Gasteiger partial charge in [-0.15, -0.1) is 0 Å². The highest BCUT2D eigenvalue weighted by atomic mass is 16.7. The van der Waals surface area contributed by atoms with Crippen LogP contribution in [-0.4, -0.2) is 38.7 Å². The number of fused-ring (bicyclic) bond motifs is 3. The molecule has 0 spiro atoms. The molecule has 29 heavy (non-hydrogen) atoms. The van der Waals surface area contributed by atoms with Crippen LogP contribution in [0.5, 0.6) is 23.0 Å². The summed E-state index contributed by atoms with van der Waals surface area (Å²) in [5, 5.41) is 11.0. The summed E-state index contributed by atoms with van der Waals surface area (Å²) >= 11 is 0. The number of hydrogen-bond acceptors (Lipinski definition) is 7. The van der Waals surface area contributed by atoms with E-state index in [1.54, 1.807) is 14.2 Å². The Bertz CT molecular complexity index is 999. The van der Waals surface area contributed by atoms with Crippen molar-refractivity contribution in [3.63, 3.8) is 0 Å². The number of aryl methyl sites for hydroxylation is 1. The Morgan fingerprint density at radius 3 is 2.41 bits per heavy atom. The maximum Gasteiger partial charge on any atom is 0.310 e. The minimum Gasteiger partial charge on any atom is -0.493 e. The summed E-state index contributed by atoms with van der Waals surface area (Å²) in [5.74, 6) is 1.06. The van der Waals surface area contributed by atoms with Gasteiger partial charge in [0.25, 0.3) is 0 Å². The Morgan fingerprint density at radius 2 is 1.72 bits per heavy atom. The van der Waals surface area contributed by atoms with E-state index in [0.717, 1.165) is 22.3 Å². The van der Waals surface area contributed by atoms with Crippen molar-refractivity contribution in [2.45, 2.75) is 18.9 Å². The van der Waals surface area contributed by atoms with Crippen LogP contribution in [0.3, 0.4) is 0 Å². The second-order valence-corrected chi connectivity index (χ2v) is 7.65. The van der Waals surface area contributed by atoms with Gasteiger partial charge in [0.15, 0.2) is 23.0 Å². The molecule has 1 saturated heterocycles. The molecule has 0 saturated carbocycles. The van der Waals surface area contributed by atoms with E-state index in [2.05, 4.69) is 0 Å². The van der Waals surface area contributed by atoms with E-state index in [9.17, 15) is 9.90 Å². The predicted octanol–water partition coefficient (Wildman–Crippen LogP) is 2.71. The predicted molar refractivity (Wildman–Crippen MR) is 102 cm³/mol. The van der Waals surface area contributed by atoms with Crippen molar-refractivity contribution >= 4 is 5.97 Å². The Morgan fingerprint density at radius 1 is 1.00 bits per heavy atom. The normalized spacial score (nSPS) is 26.6. The average molecular weight is 398 g/mol. The van der Waals surface area contributed by atoms with Crippen LogP contribution in [0.2, 0.25) is 0 Å². The topological polar surface area (TPSA) is 83.5 Å². The van der Waals surface area contributed by atoms with Gasteiger partial charge in [0.2, 0.25) is 6.79 Å². The maximum atomic E-state index is 12.7. The molecule has 2 unspecified atom stereocenters. The fraction of sp³-hybridized carbons (Fsp3) is 0.409. The number of carbonyl (C=O) groups excluding carboxylic acids is 1. The second-order valence-electron chi connectivity index (χ2n) is 7.65. The third-order valence-electron chi connectivity index (χ3n) is 6.19. The Labute approximate surface area is 168 Å². The minimum atomic E-state index is -0.812. The molecule has 2 aromatic rings. The van der Waals surface area contributed by atoms with Gasteiger partial charge in [-0.05, 0) is 47.4 Å². The Hall–Kier alpha value is -2.93. The average Bonchev–Trinajstić information content (AvgIpc) is 3.33. The quantitative estimate of drug-likeness (QED) is 0.796. The van der Waals surface area contributed by atoms with Crippen LogP contribution in [-0.2, 0) is 9.53 Å². The van der Waals surface area contributed by atoms with Crippen molar-refractivity contribution in [2.75, 3.05) is 27.6 Å². The van der Waals surface area contributed by atoms with Crippen LogP contribution >= 0.6 is 0 Å². The van der Waals surface area contributed by atoms with E-state index >= 15 is 0 Å². The summed E-state index contributed by atoms with van der Waals surface area (Å²) in [7, 11) is 3.19. The SMILES string of the molecule is COc1cc(C2c3cc4c(cc3[C@H](O)[C@H]3COC(=O)C23)OCO4)cc(C)c1OC. The third kappa shape index (κ3) is 2.57. The van der Waals surface area contributed by atoms with Crippen LogP contribution in [0.4, 0.5) is 0 Å². The monoisotopic (exact) mass is 398 g/mol. The van der Waals surface area contributed by atoms with Crippen molar-refractivity contribution in [1.29, 1.82) is 0 Å². The van der Waals surface area contributed by atoms with Gasteiger partial charge in [0.1, 0.15) is 0 Å². The molecule has 152 valence electrons. The number of rotatable bonds is 3. The molecule has 2 aromatic carbocycles. The summed E-state index contributed by atoms with van der Waals surface area (Å²) < 4.78 is 27.4. The highest BCUT2D eigenvalue weighted by Crippen LogP contribution is 2.54. The number of ether oxygens (including phenoxy) is 5. The van der Waals surface area contributed by atoms with E-state index in [-0.39, 0.29) is 31.2 Å². The van der Waals surface area contributed by atoms with E-state index in [4.69, 9.17) is 23.7 Å². The summed E-state index contributed by atoms with van der Waals surface area (Å²) in [4.78, 5) is 12.7. The fourth-order valence-electron chi connectivity index (χ4n) is 4.89. The van der Waals surface area contributed by atoms with Gasteiger partial charge in [-0.3, -0.25) is 4.79 Å². The lowest BCUT2D eigenvalue weighted by Gasteiger charge is -2.37. The van der Waals surface area contributed by atoms with Crippen LogP contribution in [0, 0.1) is 18.8 Å². The number of methoxy groups -OCH3 is 2. The van der Waals surface area contributed by atoms with Gasteiger partial charge in [0, 0.05) is 11.8 Å². The fourth-order valence-corrected chi connectivity index (χ4v) is 4.89. The molecule has 1 N–H and O–H groups in total. The summed E-state index contributed by atoms with van der Waals surface area (Å²) in [6.45, 7) is 2.28. The van der Waals surface area contributed by atoms with Gasteiger partial charge in [0.05, 0.1) is 32.8 Å². The molecule has 7 heteroatoms. The van der Waals surface area contributed by atoms with E-state index < -0.39 is 12.0 Å². The van der Waals surface area contributed by atoms with Crippen LogP contribution < -0.4 is 18.9 Å². The maximum absolute atomic E-state index is 12.7. The van der Waals surface area contributed by atoms with Crippen molar-refractivity contribution in [2.24, 2.45) is 11.8 Å². The second kappa shape index (κ2) is 6.56. The highest BCUT2D eigenvalue weighted by Gasteiger charge is 2.52. The molecular formula is C22H22O7. The van der Waals surface area contributed by atoms with Crippen molar-refractivity contribution in [3.05, 3.63) is 46.5 Å². The molecule has 5 rings (SSSR count). The zero-order chi connectivity index (χ0) is 20.3. The van der Waals surface area contributed by atoms with E-state index in [1.807, 2.05) is 31.2 Å². The van der Waals surface area contributed by atoms with Crippen LogP contribution in [0.25, 0.3) is 0 Å². The molecular weight excluding hydrogens is 376 g/mol. The number of carbonyl (C=O) groups is 1. The van der Waals surface area contributed by atoms with Crippen molar-refractivity contribution in [1.82, 2.24) is 0 Å². The molecule has 0 bridgehead atoms. The van der Waals surface area contributed by atoms with Crippen LogP contribution in [0.15, 0.2) is 24.3 Å². The minimum absolute atomic E-state index is 0.142. The number of cyclic esters (lactones) is 1. The molecule has 3 aliphatic rings. The Kier molecular flexibility index (Phi) is 4.10. The highest BCUT2D eigenvalue weighted by molar-refractivity contribution is 5.78. The lowest BCUT2D eigenvalue weighted by atomic mass is 9.66. The molecule has 7 nitrogen and oxygen atoms in total. The zero-order valence-corrected chi connectivity index (χ0v) is 16.4. The Balaban J connectivity index is 1.74. The molecule has 2 heterocycles. The standard InChI is InChI=1S/C22H22O7/c1-10-4-11(5-17(25-2)21(10)26-3)18-12-6-15-16(29-9-28-15)7-13(12)20(23)14-8-27-22(24)19(14)18/h4-7,14,18-20,23H,8-9H2,1-3H3/t14-,18?,19?,20-/m0/s1. The lowest BCUT2D eigenvalue weighted by Crippen LogP contribution is -2.34. The number of hydrogen-bond donors (Lipinski definition) is 1. The molecule has 1 aliphatic carbocycles. The van der Waals surface area contributed by atoms with E-state index in [1.165, 1.54) is 0 Å². The van der Waals surface area contributed by atoms with E-state index in [0.29, 0.717) is 23.0 Å². The first-order valence-corrected chi connectivity index (χ1v) is 9.54. The number of esters is 1. The van der Waals surface area contributed by atoms with Gasteiger partial charge in [-0.2, -0.15) is 0 Å². The largest absolute Gasteiger partial charge is 0.493 e. The third-order valence-corrected chi connectivity index (χ3v) is 6.19. The van der Waals surface area contributed by atoms with Gasteiger partial charge in [-0.25, -0.2) is 0 Å². The summed E-state index contributed by atoms with van der Waals surface area (Å²) in [6, 6.07) is 7.59. The number of aliphatic hydroxyl groups is 1. The molecule has 4 atom stereocenters. The molecule has 0 radical (unpaired) electrons. The summed E-state index contributed by atoms with van der Waals surface area (Å²) in [5.41, 5.74) is 3.39. The van der Waals surface area contributed by atoms with Crippen molar-refractivity contribution in [3.8, 4) is 23.0 Å². The lowest BCUT2D eigenvalue weighted by molar-refractivity contribution is -0.141. The first-order chi connectivity index (χ1) is 14.0. The number of aliphatic hydroxyl groups excluding tert-OH is 1. The number of benzene rings is 2. The summed E-state index contributed by atoms with van der Waals surface area (Å²) in [6.07, 6.45) is -0.812.